The van der Waals surface area contributed by atoms with E-state index in [1.807, 2.05) is 0 Å². The second kappa shape index (κ2) is 7.26. The first-order valence-electron chi connectivity index (χ1n) is 6.83. The number of rotatable bonds is 7. The Hall–Kier alpha value is -2.38. The van der Waals surface area contributed by atoms with Crippen LogP contribution in [0.1, 0.15) is 18.0 Å². The fourth-order valence-electron chi connectivity index (χ4n) is 2.09. The van der Waals surface area contributed by atoms with Crippen LogP contribution >= 0.6 is 0 Å². The Morgan fingerprint density at radius 1 is 1.13 bits per heavy atom. The fraction of sp³-hybridized carbons (Fsp3) is 0.188. The number of benzene rings is 2. The minimum absolute atomic E-state index is 0.0255. The van der Waals surface area contributed by atoms with Crippen molar-refractivity contribution in [2.75, 3.05) is 7.11 Å². The zero-order chi connectivity index (χ0) is 16.9. The molecule has 122 valence electrons. The number of aliphatic carboxylic acids is 1. The van der Waals surface area contributed by atoms with Gasteiger partial charge < -0.3 is 14.6 Å². The molecule has 0 heterocycles. The number of sulfonamides is 1. The van der Waals surface area contributed by atoms with Crippen molar-refractivity contribution in [1.82, 2.24) is 4.72 Å². The Morgan fingerprint density at radius 2 is 1.74 bits per heavy atom. The van der Waals surface area contributed by atoms with Gasteiger partial charge in [0.1, 0.15) is 5.75 Å². The van der Waals surface area contributed by atoms with Crippen molar-refractivity contribution in [1.29, 1.82) is 0 Å². The smallest absolute Gasteiger partial charge is 0.241 e. The molecule has 1 N–H and O–H groups in total. The van der Waals surface area contributed by atoms with Crippen molar-refractivity contribution in [3.05, 3.63) is 60.2 Å². The van der Waals surface area contributed by atoms with Crippen molar-refractivity contribution in [2.24, 2.45) is 0 Å². The Kier molecular flexibility index (Phi) is 5.36. The third kappa shape index (κ3) is 4.54. The summed E-state index contributed by atoms with van der Waals surface area (Å²) in [6, 6.07) is 13.4. The molecule has 0 aromatic heterocycles. The van der Waals surface area contributed by atoms with Crippen molar-refractivity contribution in [2.45, 2.75) is 17.4 Å². The highest BCUT2D eigenvalue weighted by Crippen LogP contribution is 2.21. The molecule has 0 radical (unpaired) electrons. The molecule has 0 unspecified atom stereocenters. The Bertz CT molecular complexity index is 757. The number of carbonyl (C=O) groups is 1. The molecule has 6 nitrogen and oxygen atoms in total. The Labute approximate surface area is 134 Å². The minimum Gasteiger partial charge on any atom is -0.550 e. The summed E-state index contributed by atoms with van der Waals surface area (Å²) in [5.41, 5.74) is 0.550. The van der Waals surface area contributed by atoms with Gasteiger partial charge in [-0.15, -0.1) is 0 Å². The van der Waals surface area contributed by atoms with Crippen molar-refractivity contribution in [3.8, 4) is 5.75 Å². The van der Waals surface area contributed by atoms with E-state index >= 15 is 0 Å². The first-order valence-corrected chi connectivity index (χ1v) is 8.32. The first-order chi connectivity index (χ1) is 10.9. The average Bonchev–Trinajstić information content (AvgIpc) is 2.54. The quantitative estimate of drug-likeness (QED) is 0.810. The molecule has 0 amide bonds. The molecule has 2 rings (SSSR count). The number of carboxylic acids is 1. The van der Waals surface area contributed by atoms with Crippen LogP contribution in [0.15, 0.2) is 59.5 Å². The predicted molar refractivity (Wildman–Crippen MR) is 82.1 cm³/mol. The van der Waals surface area contributed by atoms with E-state index in [1.165, 1.54) is 31.4 Å². The van der Waals surface area contributed by atoms with E-state index < -0.39 is 28.5 Å². The van der Waals surface area contributed by atoms with E-state index in [4.69, 9.17) is 4.74 Å². The van der Waals surface area contributed by atoms with Crippen molar-refractivity contribution < 1.29 is 23.1 Å². The van der Waals surface area contributed by atoms with E-state index in [0.717, 1.165) is 0 Å². The standard InChI is InChI=1S/C16H17NO5S/c1-22-13-7-9-14(10-8-13)23(20,21)17-15(11-16(18)19)12-5-3-2-4-6-12/h2-10,15,17H,11H2,1H3,(H,18,19)/p-1/t15-/m0/s1. The van der Waals surface area contributed by atoms with Crippen LogP contribution < -0.4 is 14.6 Å². The SMILES string of the molecule is COc1ccc(S(=O)(=O)N[C@@H](CC(=O)[O-])c2ccccc2)cc1. The van der Waals surface area contributed by atoms with Gasteiger partial charge in [0.25, 0.3) is 0 Å². The van der Waals surface area contributed by atoms with Crippen LogP contribution in [0.25, 0.3) is 0 Å². The summed E-state index contributed by atoms with van der Waals surface area (Å²) in [6.45, 7) is 0. The summed E-state index contributed by atoms with van der Waals surface area (Å²) in [4.78, 5) is 11.0. The molecule has 0 spiro atoms. The third-order valence-corrected chi connectivity index (χ3v) is 4.73. The maximum Gasteiger partial charge on any atom is 0.241 e. The lowest BCUT2D eigenvalue weighted by molar-refractivity contribution is -0.306. The second-order valence-electron chi connectivity index (χ2n) is 4.84. The van der Waals surface area contributed by atoms with Crippen LogP contribution in [-0.2, 0) is 14.8 Å². The van der Waals surface area contributed by atoms with Crippen molar-refractivity contribution >= 4 is 16.0 Å². The Morgan fingerprint density at radius 3 is 2.26 bits per heavy atom. The van der Waals surface area contributed by atoms with Gasteiger partial charge in [-0.3, -0.25) is 0 Å². The highest BCUT2D eigenvalue weighted by molar-refractivity contribution is 7.89. The number of hydrogen-bond acceptors (Lipinski definition) is 5. The fourth-order valence-corrected chi connectivity index (χ4v) is 3.31. The number of hydrogen-bond donors (Lipinski definition) is 1. The molecule has 0 saturated carbocycles. The molecule has 2 aromatic rings. The van der Waals surface area contributed by atoms with Crippen LogP contribution in [0, 0.1) is 0 Å². The zero-order valence-corrected chi connectivity index (χ0v) is 13.2. The van der Waals surface area contributed by atoms with E-state index in [-0.39, 0.29) is 4.90 Å². The van der Waals surface area contributed by atoms with E-state index in [0.29, 0.717) is 11.3 Å². The van der Waals surface area contributed by atoms with E-state index in [1.54, 1.807) is 30.3 Å². The van der Waals surface area contributed by atoms with Gasteiger partial charge in [0.2, 0.25) is 10.0 Å². The van der Waals surface area contributed by atoms with Crippen LogP contribution in [0.3, 0.4) is 0 Å². The van der Waals surface area contributed by atoms with Crippen LogP contribution in [0.4, 0.5) is 0 Å². The van der Waals surface area contributed by atoms with Crippen molar-refractivity contribution in [3.63, 3.8) is 0 Å². The van der Waals surface area contributed by atoms with Gasteiger partial charge in [-0.25, -0.2) is 13.1 Å². The van der Waals surface area contributed by atoms with Gasteiger partial charge in [0.15, 0.2) is 0 Å². The highest BCUT2D eigenvalue weighted by atomic mass is 32.2. The Balaban J connectivity index is 2.28. The average molecular weight is 334 g/mol. The topological polar surface area (TPSA) is 95.5 Å². The molecule has 23 heavy (non-hydrogen) atoms. The molecule has 7 heteroatoms. The lowest BCUT2D eigenvalue weighted by Gasteiger charge is -2.20. The van der Waals surface area contributed by atoms with E-state index in [9.17, 15) is 18.3 Å². The lowest BCUT2D eigenvalue weighted by Crippen LogP contribution is -2.34. The number of ether oxygens (including phenoxy) is 1. The molecular weight excluding hydrogens is 318 g/mol. The second-order valence-corrected chi connectivity index (χ2v) is 6.55. The summed E-state index contributed by atoms with van der Waals surface area (Å²) < 4.78 is 32.3. The summed E-state index contributed by atoms with van der Waals surface area (Å²) >= 11 is 0. The summed E-state index contributed by atoms with van der Waals surface area (Å²) in [5, 5.41) is 10.9. The van der Waals surface area contributed by atoms with E-state index in [2.05, 4.69) is 4.72 Å². The predicted octanol–water partition coefficient (Wildman–Crippen LogP) is 0.855. The maximum atomic E-state index is 12.4. The molecular formula is C16H16NO5S-. The number of carboxylic acid groups (broad SMARTS) is 1. The molecule has 0 fully saturated rings. The summed E-state index contributed by atoms with van der Waals surface area (Å²) in [5.74, 6) is -0.811. The van der Waals surface area contributed by atoms with Crippen LogP contribution in [-0.4, -0.2) is 21.5 Å². The van der Waals surface area contributed by atoms with Gasteiger partial charge >= 0.3 is 0 Å². The van der Waals surface area contributed by atoms with Gasteiger partial charge in [0, 0.05) is 12.4 Å². The van der Waals surface area contributed by atoms with Crippen LogP contribution in [0.2, 0.25) is 0 Å². The monoisotopic (exact) mass is 334 g/mol. The molecule has 2 aromatic carbocycles. The maximum absolute atomic E-state index is 12.4. The van der Waals surface area contributed by atoms with Gasteiger partial charge in [-0.05, 0) is 29.8 Å². The molecule has 0 saturated heterocycles. The normalized spacial score (nSPS) is 12.6. The first kappa shape index (κ1) is 17.0. The minimum atomic E-state index is -3.87. The third-order valence-electron chi connectivity index (χ3n) is 3.24. The summed E-state index contributed by atoms with van der Waals surface area (Å²) in [7, 11) is -2.40. The largest absolute Gasteiger partial charge is 0.550 e. The van der Waals surface area contributed by atoms with Gasteiger partial charge in [-0.1, -0.05) is 30.3 Å². The molecule has 0 aliphatic carbocycles. The zero-order valence-electron chi connectivity index (χ0n) is 12.4. The van der Waals surface area contributed by atoms with Gasteiger partial charge in [-0.2, -0.15) is 0 Å². The summed E-state index contributed by atoms with van der Waals surface area (Å²) in [6.07, 6.45) is -0.459. The molecule has 1 atom stereocenters. The molecule has 0 aliphatic heterocycles. The van der Waals surface area contributed by atoms with Crippen LogP contribution in [0.5, 0.6) is 5.75 Å². The number of nitrogens with one attached hydrogen (secondary N) is 1. The highest BCUT2D eigenvalue weighted by Gasteiger charge is 2.21. The molecule has 0 aliphatic rings. The number of methoxy groups -OCH3 is 1. The lowest BCUT2D eigenvalue weighted by atomic mass is 10.1. The number of carbonyl (C=O) groups excluding carboxylic acids is 1. The molecule has 0 bridgehead atoms. The van der Waals surface area contributed by atoms with Gasteiger partial charge in [0.05, 0.1) is 18.0 Å².